The van der Waals surface area contributed by atoms with Gasteiger partial charge in [-0.3, -0.25) is 0 Å². The van der Waals surface area contributed by atoms with Crippen LogP contribution in [0.25, 0.3) is 0 Å². The lowest BCUT2D eigenvalue weighted by Crippen LogP contribution is -2.20. The van der Waals surface area contributed by atoms with Crippen molar-refractivity contribution < 1.29 is 14.6 Å². The van der Waals surface area contributed by atoms with Gasteiger partial charge in [0, 0.05) is 29.9 Å². The molecule has 0 aromatic heterocycles. The standard InChI is InChI=1S/C21H27ClO3/c1-21(2,17-9-11-18(12-10-17)24-15-5-13-22)19-7-3-4-8-20(19)25-16-6-14-23/h3-4,7-12,23H,5-6,13-16H2,1-2H3. The Morgan fingerprint density at radius 3 is 2.28 bits per heavy atom. The molecule has 0 fully saturated rings. The first-order valence-corrected chi connectivity index (χ1v) is 9.25. The van der Waals surface area contributed by atoms with Gasteiger partial charge in [0.05, 0.1) is 13.2 Å². The third-order valence-electron chi connectivity index (χ3n) is 4.24. The van der Waals surface area contributed by atoms with Crippen LogP contribution in [0, 0.1) is 0 Å². The predicted molar refractivity (Wildman–Crippen MR) is 103 cm³/mol. The average Bonchev–Trinajstić information content (AvgIpc) is 2.63. The number of para-hydroxylation sites is 1. The van der Waals surface area contributed by atoms with E-state index in [9.17, 15) is 0 Å². The van der Waals surface area contributed by atoms with Crippen LogP contribution >= 0.6 is 11.6 Å². The molecule has 1 N–H and O–H groups in total. The Morgan fingerprint density at radius 1 is 0.920 bits per heavy atom. The molecular formula is C21H27ClO3. The summed E-state index contributed by atoms with van der Waals surface area (Å²) >= 11 is 5.68. The zero-order chi connectivity index (χ0) is 18.1. The van der Waals surface area contributed by atoms with Crippen molar-refractivity contribution in [2.24, 2.45) is 0 Å². The van der Waals surface area contributed by atoms with Crippen LogP contribution in [-0.2, 0) is 5.41 Å². The van der Waals surface area contributed by atoms with E-state index in [1.807, 2.05) is 30.3 Å². The van der Waals surface area contributed by atoms with Gasteiger partial charge < -0.3 is 14.6 Å². The van der Waals surface area contributed by atoms with E-state index in [4.69, 9.17) is 26.2 Å². The first-order valence-electron chi connectivity index (χ1n) is 8.72. The molecule has 136 valence electrons. The lowest BCUT2D eigenvalue weighted by molar-refractivity contribution is 0.231. The molecule has 2 aromatic carbocycles. The van der Waals surface area contributed by atoms with E-state index < -0.39 is 0 Å². The van der Waals surface area contributed by atoms with Crippen LogP contribution in [0.4, 0.5) is 0 Å². The van der Waals surface area contributed by atoms with Crippen molar-refractivity contribution in [3.63, 3.8) is 0 Å². The minimum Gasteiger partial charge on any atom is -0.494 e. The molecule has 0 atom stereocenters. The maximum atomic E-state index is 8.96. The number of benzene rings is 2. The normalized spacial score (nSPS) is 11.4. The molecule has 4 heteroatoms. The first kappa shape index (κ1) is 19.6. The molecule has 3 nitrogen and oxygen atoms in total. The minimum atomic E-state index is -0.204. The fourth-order valence-corrected chi connectivity index (χ4v) is 2.83. The summed E-state index contributed by atoms with van der Waals surface area (Å²) in [4.78, 5) is 0. The Morgan fingerprint density at radius 2 is 1.60 bits per heavy atom. The second-order valence-corrected chi connectivity index (χ2v) is 6.84. The molecule has 25 heavy (non-hydrogen) atoms. The van der Waals surface area contributed by atoms with Gasteiger partial charge in [-0.2, -0.15) is 0 Å². The molecule has 0 radical (unpaired) electrons. The smallest absolute Gasteiger partial charge is 0.123 e. The number of hydrogen-bond acceptors (Lipinski definition) is 3. The third-order valence-corrected chi connectivity index (χ3v) is 4.51. The summed E-state index contributed by atoms with van der Waals surface area (Å²) in [6, 6.07) is 16.3. The van der Waals surface area contributed by atoms with E-state index in [0.717, 1.165) is 23.5 Å². The van der Waals surface area contributed by atoms with E-state index in [1.165, 1.54) is 5.56 Å². The number of aliphatic hydroxyl groups excluding tert-OH is 1. The summed E-state index contributed by atoms with van der Waals surface area (Å²) < 4.78 is 11.6. The monoisotopic (exact) mass is 362 g/mol. The maximum Gasteiger partial charge on any atom is 0.123 e. The van der Waals surface area contributed by atoms with Gasteiger partial charge in [-0.25, -0.2) is 0 Å². The molecule has 2 rings (SSSR count). The van der Waals surface area contributed by atoms with E-state index in [0.29, 0.717) is 25.5 Å². The highest BCUT2D eigenvalue weighted by molar-refractivity contribution is 6.17. The Labute approximate surface area is 155 Å². The zero-order valence-corrected chi connectivity index (χ0v) is 15.8. The van der Waals surface area contributed by atoms with Crippen LogP contribution in [0.3, 0.4) is 0 Å². The molecule has 0 aliphatic heterocycles. The molecule has 0 bridgehead atoms. The topological polar surface area (TPSA) is 38.7 Å². The van der Waals surface area contributed by atoms with Crippen molar-refractivity contribution in [1.82, 2.24) is 0 Å². The molecule has 0 saturated heterocycles. The molecule has 0 heterocycles. The Bertz CT molecular complexity index is 638. The molecule has 0 unspecified atom stereocenters. The van der Waals surface area contributed by atoms with Crippen LogP contribution in [0.15, 0.2) is 48.5 Å². The highest BCUT2D eigenvalue weighted by atomic mass is 35.5. The van der Waals surface area contributed by atoms with Crippen molar-refractivity contribution in [3.05, 3.63) is 59.7 Å². The quantitative estimate of drug-likeness (QED) is 0.488. The largest absolute Gasteiger partial charge is 0.494 e. The highest BCUT2D eigenvalue weighted by Crippen LogP contribution is 2.37. The fraction of sp³-hybridized carbons (Fsp3) is 0.429. The lowest BCUT2D eigenvalue weighted by atomic mass is 9.77. The number of ether oxygens (including phenoxy) is 2. The van der Waals surface area contributed by atoms with Gasteiger partial charge in [-0.15, -0.1) is 11.6 Å². The van der Waals surface area contributed by atoms with Gasteiger partial charge in [0.1, 0.15) is 11.5 Å². The van der Waals surface area contributed by atoms with Crippen molar-refractivity contribution >= 4 is 11.6 Å². The van der Waals surface area contributed by atoms with Gasteiger partial charge in [0.15, 0.2) is 0 Å². The van der Waals surface area contributed by atoms with E-state index in [-0.39, 0.29) is 12.0 Å². The summed E-state index contributed by atoms with van der Waals surface area (Å²) in [5.74, 6) is 2.33. The fourth-order valence-electron chi connectivity index (χ4n) is 2.72. The summed E-state index contributed by atoms with van der Waals surface area (Å²) in [5.41, 5.74) is 2.11. The van der Waals surface area contributed by atoms with Crippen LogP contribution in [0.1, 0.15) is 37.8 Å². The average molecular weight is 363 g/mol. The number of halogens is 1. The predicted octanol–water partition coefficient (Wildman–Crippen LogP) is 4.78. The lowest BCUT2D eigenvalue weighted by Gasteiger charge is -2.28. The molecule has 0 aliphatic rings. The van der Waals surface area contributed by atoms with Crippen LogP contribution in [-0.4, -0.2) is 30.8 Å². The molecule has 0 aliphatic carbocycles. The van der Waals surface area contributed by atoms with Gasteiger partial charge >= 0.3 is 0 Å². The van der Waals surface area contributed by atoms with Crippen molar-refractivity contribution in [2.75, 3.05) is 25.7 Å². The molecular weight excluding hydrogens is 336 g/mol. The Hall–Kier alpha value is -1.71. The molecule has 0 spiro atoms. The number of rotatable bonds is 10. The minimum absolute atomic E-state index is 0.136. The maximum absolute atomic E-state index is 8.96. The van der Waals surface area contributed by atoms with E-state index in [1.54, 1.807) is 0 Å². The molecule has 2 aromatic rings. The number of hydrogen-bond donors (Lipinski definition) is 1. The summed E-state index contributed by atoms with van der Waals surface area (Å²) in [7, 11) is 0. The van der Waals surface area contributed by atoms with Crippen molar-refractivity contribution in [3.8, 4) is 11.5 Å². The van der Waals surface area contributed by atoms with Crippen molar-refractivity contribution in [2.45, 2.75) is 32.1 Å². The molecule has 0 saturated carbocycles. The Balaban J connectivity index is 2.17. The van der Waals surface area contributed by atoms with Crippen LogP contribution < -0.4 is 9.47 Å². The number of alkyl halides is 1. The SMILES string of the molecule is CC(C)(c1ccc(OCCCCl)cc1)c1ccccc1OCCCO. The van der Waals surface area contributed by atoms with Gasteiger partial charge in [0.2, 0.25) is 0 Å². The third kappa shape index (κ3) is 5.38. The summed E-state index contributed by atoms with van der Waals surface area (Å²) in [6.07, 6.45) is 1.47. The highest BCUT2D eigenvalue weighted by Gasteiger charge is 2.26. The van der Waals surface area contributed by atoms with E-state index in [2.05, 4.69) is 32.0 Å². The second-order valence-electron chi connectivity index (χ2n) is 6.46. The second kappa shape index (κ2) is 9.69. The van der Waals surface area contributed by atoms with Crippen LogP contribution in [0.2, 0.25) is 0 Å². The van der Waals surface area contributed by atoms with Gasteiger partial charge in [0.25, 0.3) is 0 Å². The first-order chi connectivity index (χ1) is 12.1. The zero-order valence-electron chi connectivity index (χ0n) is 15.0. The van der Waals surface area contributed by atoms with Gasteiger partial charge in [-0.05, 0) is 30.2 Å². The van der Waals surface area contributed by atoms with Crippen molar-refractivity contribution in [1.29, 1.82) is 0 Å². The Kier molecular flexibility index (Phi) is 7.60. The summed E-state index contributed by atoms with van der Waals surface area (Å²) in [5, 5.41) is 8.96. The van der Waals surface area contributed by atoms with Gasteiger partial charge in [-0.1, -0.05) is 44.2 Å². The number of aliphatic hydroxyl groups is 1. The van der Waals surface area contributed by atoms with E-state index >= 15 is 0 Å². The summed E-state index contributed by atoms with van der Waals surface area (Å²) in [6.45, 7) is 5.65. The van der Waals surface area contributed by atoms with Crippen LogP contribution in [0.5, 0.6) is 11.5 Å². The molecule has 0 amide bonds.